The molecule has 0 N–H and O–H groups in total. The van der Waals surface area contributed by atoms with Crippen LogP contribution in [-0.2, 0) is 0 Å². The Morgan fingerprint density at radius 1 is 0.536 bits per heavy atom. The number of hydrogen-bond acceptors (Lipinski definition) is 0. The molecular weight excluding hydrogens is 460 g/mol. The van der Waals surface area contributed by atoms with Crippen molar-refractivity contribution in [2.45, 2.75) is 61.7 Å². The SMILES string of the molecule is CC(C)CCPC(F)(F)C(F)(F)C(F)(F)C(F)(F)C(F)(F)C(F)(F)C(F)(F)F. The first kappa shape index (κ1) is 27.4. The fourth-order valence-electron chi connectivity index (χ4n) is 1.60. The van der Waals surface area contributed by atoms with Gasteiger partial charge in [0.25, 0.3) is 0 Å². The Bertz CT molecular complexity index is 534. The Balaban J connectivity index is 6.17. The second kappa shape index (κ2) is 7.57. The van der Waals surface area contributed by atoms with E-state index >= 15 is 0 Å². The maximum absolute atomic E-state index is 13.4. The van der Waals surface area contributed by atoms with E-state index < -0.39 is 62.1 Å². The summed E-state index contributed by atoms with van der Waals surface area (Å²) in [5.74, 6) is -40.1. The standard InChI is InChI=1S/C12H12F15P/c1-5(2)3-4-28-12(26,27)10(21,22)8(17,18)6(13,14)7(15,16)9(19,20)11(23,24)25/h5,28H,3-4H2,1-2H3. The molecule has 0 bridgehead atoms. The van der Waals surface area contributed by atoms with E-state index in [9.17, 15) is 65.9 Å². The van der Waals surface area contributed by atoms with E-state index in [1.165, 1.54) is 13.8 Å². The number of hydrogen-bond donors (Lipinski definition) is 0. The molecular formula is C12H12F15P. The van der Waals surface area contributed by atoms with Crippen molar-refractivity contribution in [1.29, 1.82) is 0 Å². The van der Waals surface area contributed by atoms with Crippen LogP contribution in [0.3, 0.4) is 0 Å². The van der Waals surface area contributed by atoms with Crippen LogP contribution in [0, 0.1) is 5.92 Å². The quantitative estimate of drug-likeness (QED) is 0.250. The van der Waals surface area contributed by atoms with Crippen LogP contribution in [0.25, 0.3) is 0 Å². The molecule has 1 unspecified atom stereocenters. The van der Waals surface area contributed by atoms with Gasteiger partial charge in [0.1, 0.15) is 0 Å². The zero-order chi connectivity index (χ0) is 23.2. The third kappa shape index (κ3) is 4.14. The van der Waals surface area contributed by atoms with Crippen molar-refractivity contribution < 1.29 is 65.9 Å². The summed E-state index contributed by atoms with van der Waals surface area (Å²) in [4.78, 5) is 0. The molecule has 0 aromatic rings. The van der Waals surface area contributed by atoms with E-state index in [-0.39, 0.29) is 6.42 Å². The van der Waals surface area contributed by atoms with E-state index in [0.29, 0.717) is 0 Å². The Hall–Kier alpha value is -0.620. The summed E-state index contributed by atoms with van der Waals surface area (Å²) in [5, 5.41) is 0. The topological polar surface area (TPSA) is 0 Å². The zero-order valence-electron chi connectivity index (χ0n) is 13.7. The third-order valence-corrected chi connectivity index (χ3v) is 4.69. The van der Waals surface area contributed by atoms with Crippen molar-refractivity contribution in [3.05, 3.63) is 0 Å². The number of rotatable bonds is 9. The average Bonchev–Trinajstić information content (AvgIpc) is 2.44. The van der Waals surface area contributed by atoms with E-state index in [1.54, 1.807) is 0 Å². The molecule has 1 atom stereocenters. The molecule has 0 radical (unpaired) electrons. The lowest BCUT2D eigenvalue weighted by molar-refractivity contribution is -0.447. The van der Waals surface area contributed by atoms with E-state index in [2.05, 4.69) is 0 Å². The predicted octanol–water partition coefficient (Wildman–Crippen LogP) is 7.04. The van der Waals surface area contributed by atoms with Gasteiger partial charge in [0.15, 0.2) is 0 Å². The minimum Gasteiger partial charge on any atom is -0.195 e. The lowest BCUT2D eigenvalue weighted by Gasteiger charge is -2.41. The molecule has 0 aromatic carbocycles. The minimum atomic E-state index is -8.20. The van der Waals surface area contributed by atoms with Crippen LogP contribution in [-0.4, -0.2) is 47.6 Å². The monoisotopic (exact) mass is 472 g/mol. The smallest absolute Gasteiger partial charge is 0.195 e. The molecule has 170 valence electrons. The maximum atomic E-state index is 13.4. The molecule has 0 rings (SSSR count). The van der Waals surface area contributed by atoms with E-state index in [1.807, 2.05) is 0 Å². The van der Waals surface area contributed by atoms with Gasteiger partial charge in [-0.15, -0.1) is 0 Å². The summed E-state index contributed by atoms with van der Waals surface area (Å²) >= 11 is 0. The van der Waals surface area contributed by atoms with Gasteiger partial charge in [-0.3, -0.25) is 0 Å². The first-order valence-corrected chi connectivity index (χ1v) is 8.21. The van der Waals surface area contributed by atoms with Gasteiger partial charge in [-0.1, -0.05) is 13.8 Å². The Morgan fingerprint density at radius 3 is 1.18 bits per heavy atom. The fraction of sp³-hybridized carbons (Fsp3) is 1.00. The normalized spacial score (nSPS) is 16.5. The second-order valence-electron chi connectivity index (χ2n) is 6.05. The zero-order valence-corrected chi connectivity index (χ0v) is 14.7. The van der Waals surface area contributed by atoms with Gasteiger partial charge in [0.2, 0.25) is 0 Å². The fourth-order valence-corrected chi connectivity index (χ4v) is 3.01. The highest BCUT2D eigenvalue weighted by Gasteiger charge is 2.93. The molecule has 0 spiro atoms. The maximum Gasteiger partial charge on any atom is 0.460 e. The van der Waals surface area contributed by atoms with Crippen LogP contribution in [0.1, 0.15) is 20.3 Å². The highest BCUT2D eigenvalue weighted by Crippen LogP contribution is 2.64. The van der Waals surface area contributed by atoms with Gasteiger partial charge in [0, 0.05) is 0 Å². The lowest BCUT2D eigenvalue weighted by atomic mass is 9.94. The molecule has 0 aliphatic heterocycles. The van der Waals surface area contributed by atoms with Crippen LogP contribution < -0.4 is 0 Å². The summed E-state index contributed by atoms with van der Waals surface area (Å²) in [6, 6.07) is 0. The number of halogens is 15. The van der Waals surface area contributed by atoms with Crippen LogP contribution in [0.5, 0.6) is 0 Å². The second-order valence-corrected chi connectivity index (χ2v) is 7.53. The molecule has 0 aliphatic carbocycles. The van der Waals surface area contributed by atoms with Gasteiger partial charge in [-0.05, 0) is 27.1 Å². The first-order chi connectivity index (χ1) is 11.9. The van der Waals surface area contributed by atoms with Crippen LogP contribution >= 0.6 is 8.58 Å². The van der Waals surface area contributed by atoms with Crippen molar-refractivity contribution >= 4 is 8.58 Å². The molecule has 0 amide bonds. The number of alkyl halides is 15. The molecule has 0 aliphatic rings. The summed E-state index contributed by atoms with van der Waals surface area (Å²) < 4.78 is 193. The van der Waals surface area contributed by atoms with Crippen molar-refractivity contribution in [3.8, 4) is 0 Å². The Morgan fingerprint density at radius 2 is 0.857 bits per heavy atom. The van der Waals surface area contributed by atoms with Crippen LogP contribution in [0.15, 0.2) is 0 Å². The summed E-state index contributed by atoms with van der Waals surface area (Å²) in [6.07, 6.45) is -8.85. The van der Waals surface area contributed by atoms with Gasteiger partial charge in [-0.25, -0.2) is 0 Å². The molecule has 0 nitrogen and oxygen atoms in total. The summed E-state index contributed by atoms with van der Waals surface area (Å²) in [7, 11) is -2.54. The molecule has 0 aromatic heterocycles. The summed E-state index contributed by atoms with van der Waals surface area (Å²) in [6.45, 7) is 2.73. The van der Waals surface area contributed by atoms with Crippen molar-refractivity contribution in [2.24, 2.45) is 5.92 Å². The predicted molar refractivity (Wildman–Crippen MR) is 68.4 cm³/mol. The lowest BCUT2D eigenvalue weighted by Crippen LogP contribution is -2.72. The largest absolute Gasteiger partial charge is 0.460 e. The third-order valence-electron chi connectivity index (χ3n) is 3.40. The molecule has 0 saturated heterocycles. The summed E-state index contributed by atoms with van der Waals surface area (Å²) in [5.41, 5.74) is -6.10. The van der Waals surface area contributed by atoms with Crippen LogP contribution in [0.4, 0.5) is 65.9 Å². The van der Waals surface area contributed by atoms with Crippen molar-refractivity contribution in [1.82, 2.24) is 0 Å². The average molecular weight is 472 g/mol. The highest BCUT2D eigenvalue weighted by atomic mass is 31.1. The minimum absolute atomic E-state index is 0.311. The van der Waals surface area contributed by atoms with E-state index in [4.69, 9.17) is 0 Å². The van der Waals surface area contributed by atoms with Crippen molar-refractivity contribution in [3.63, 3.8) is 0 Å². The molecule has 16 heteroatoms. The Labute approximate surface area is 149 Å². The van der Waals surface area contributed by atoms with Gasteiger partial charge >= 0.3 is 41.5 Å². The first-order valence-electron chi connectivity index (χ1n) is 7.00. The van der Waals surface area contributed by atoms with Gasteiger partial charge in [0.05, 0.1) is 0 Å². The molecule has 0 fully saturated rings. The molecule has 28 heavy (non-hydrogen) atoms. The van der Waals surface area contributed by atoms with Gasteiger partial charge < -0.3 is 0 Å². The molecule has 0 heterocycles. The van der Waals surface area contributed by atoms with Gasteiger partial charge in [-0.2, -0.15) is 65.9 Å². The highest BCUT2D eigenvalue weighted by molar-refractivity contribution is 7.39. The van der Waals surface area contributed by atoms with E-state index in [0.717, 1.165) is 0 Å². The molecule has 0 saturated carbocycles. The Kier molecular flexibility index (Phi) is 7.40. The van der Waals surface area contributed by atoms with Crippen LogP contribution in [0.2, 0.25) is 0 Å². The van der Waals surface area contributed by atoms with Crippen molar-refractivity contribution in [2.75, 3.05) is 6.16 Å².